The van der Waals surface area contributed by atoms with Gasteiger partial charge >= 0.3 is 0 Å². The monoisotopic (exact) mass is 263 g/mol. The Labute approximate surface area is 120 Å². The Kier molecular flexibility index (Phi) is 3.98. The second kappa shape index (κ2) is 6.06. The highest BCUT2D eigenvalue weighted by atomic mass is 14.8. The minimum atomic E-state index is 0.946. The Morgan fingerprint density at radius 3 is 2.05 bits per heavy atom. The summed E-state index contributed by atoms with van der Waals surface area (Å²) in [5, 5.41) is 8.99. The SMILES string of the molecule is CCCCNCc1c2ccccc2cc2ccccc12. The summed E-state index contributed by atoms with van der Waals surface area (Å²) in [6.45, 7) is 4.27. The molecule has 3 aromatic carbocycles. The molecule has 3 rings (SSSR count). The molecule has 1 N–H and O–H groups in total. The van der Waals surface area contributed by atoms with Crippen molar-refractivity contribution in [2.45, 2.75) is 26.3 Å². The van der Waals surface area contributed by atoms with Gasteiger partial charge in [0.05, 0.1) is 0 Å². The highest BCUT2D eigenvalue weighted by Gasteiger charge is 2.06. The molecule has 102 valence electrons. The minimum absolute atomic E-state index is 0.946. The molecule has 20 heavy (non-hydrogen) atoms. The normalized spacial score (nSPS) is 11.2. The summed E-state index contributed by atoms with van der Waals surface area (Å²) >= 11 is 0. The summed E-state index contributed by atoms with van der Waals surface area (Å²) in [6.07, 6.45) is 2.48. The third-order valence-corrected chi connectivity index (χ3v) is 3.89. The van der Waals surface area contributed by atoms with Gasteiger partial charge in [0.15, 0.2) is 0 Å². The predicted molar refractivity (Wildman–Crippen MR) is 88.1 cm³/mol. The van der Waals surface area contributed by atoms with Gasteiger partial charge in [-0.05, 0) is 46.1 Å². The van der Waals surface area contributed by atoms with Crippen molar-refractivity contribution in [3.63, 3.8) is 0 Å². The highest BCUT2D eigenvalue weighted by molar-refractivity contribution is 6.02. The Hall–Kier alpha value is -1.86. The Morgan fingerprint density at radius 1 is 0.850 bits per heavy atom. The van der Waals surface area contributed by atoms with Crippen LogP contribution >= 0.6 is 0 Å². The van der Waals surface area contributed by atoms with Gasteiger partial charge in [-0.2, -0.15) is 0 Å². The largest absolute Gasteiger partial charge is 0.313 e. The maximum Gasteiger partial charge on any atom is 0.0217 e. The molecule has 0 atom stereocenters. The van der Waals surface area contributed by atoms with Crippen molar-refractivity contribution in [1.82, 2.24) is 5.32 Å². The van der Waals surface area contributed by atoms with Crippen LogP contribution in [0.5, 0.6) is 0 Å². The minimum Gasteiger partial charge on any atom is -0.313 e. The lowest BCUT2D eigenvalue weighted by atomic mass is 9.97. The van der Waals surface area contributed by atoms with Crippen molar-refractivity contribution in [2.24, 2.45) is 0 Å². The van der Waals surface area contributed by atoms with Crippen LogP contribution < -0.4 is 5.32 Å². The molecule has 1 nitrogen and oxygen atoms in total. The van der Waals surface area contributed by atoms with Gasteiger partial charge in [0, 0.05) is 6.54 Å². The van der Waals surface area contributed by atoms with Gasteiger partial charge in [-0.25, -0.2) is 0 Å². The van der Waals surface area contributed by atoms with Crippen molar-refractivity contribution in [2.75, 3.05) is 6.54 Å². The molecule has 0 fully saturated rings. The van der Waals surface area contributed by atoms with Crippen molar-refractivity contribution in [3.8, 4) is 0 Å². The number of hydrogen-bond donors (Lipinski definition) is 1. The lowest BCUT2D eigenvalue weighted by Gasteiger charge is -2.12. The lowest BCUT2D eigenvalue weighted by Crippen LogP contribution is -2.15. The van der Waals surface area contributed by atoms with Crippen LogP contribution in [0.2, 0.25) is 0 Å². The molecule has 0 radical (unpaired) electrons. The summed E-state index contributed by atoms with van der Waals surface area (Å²) in [5.74, 6) is 0. The number of nitrogens with one attached hydrogen (secondary N) is 1. The molecule has 0 aliphatic heterocycles. The molecule has 0 saturated carbocycles. The van der Waals surface area contributed by atoms with E-state index in [0.29, 0.717) is 0 Å². The zero-order valence-electron chi connectivity index (χ0n) is 12.0. The van der Waals surface area contributed by atoms with E-state index in [2.05, 4.69) is 66.8 Å². The van der Waals surface area contributed by atoms with Crippen LogP contribution in [0.1, 0.15) is 25.3 Å². The summed E-state index contributed by atoms with van der Waals surface area (Å²) < 4.78 is 0. The van der Waals surface area contributed by atoms with Crippen LogP contribution in [-0.4, -0.2) is 6.54 Å². The number of unbranched alkanes of at least 4 members (excludes halogenated alkanes) is 1. The van der Waals surface area contributed by atoms with Crippen molar-refractivity contribution >= 4 is 21.5 Å². The first-order valence-corrected chi connectivity index (χ1v) is 7.50. The van der Waals surface area contributed by atoms with Crippen LogP contribution in [0.4, 0.5) is 0 Å². The van der Waals surface area contributed by atoms with Crippen molar-refractivity contribution < 1.29 is 0 Å². The molecule has 0 aromatic heterocycles. The van der Waals surface area contributed by atoms with E-state index in [1.807, 2.05) is 0 Å². The number of rotatable bonds is 5. The van der Waals surface area contributed by atoms with Gasteiger partial charge < -0.3 is 5.32 Å². The fourth-order valence-corrected chi connectivity index (χ4v) is 2.81. The van der Waals surface area contributed by atoms with E-state index in [1.165, 1.54) is 39.9 Å². The summed E-state index contributed by atoms with van der Waals surface area (Å²) in [6, 6.07) is 19.7. The molecule has 0 aliphatic carbocycles. The first-order valence-electron chi connectivity index (χ1n) is 7.50. The highest BCUT2D eigenvalue weighted by Crippen LogP contribution is 2.28. The molecule has 0 heterocycles. The molecule has 0 spiro atoms. The number of benzene rings is 3. The van der Waals surface area contributed by atoms with E-state index in [0.717, 1.165) is 13.1 Å². The quantitative estimate of drug-likeness (QED) is 0.511. The van der Waals surface area contributed by atoms with Gasteiger partial charge in [-0.15, -0.1) is 0 Å². The van der Waals surface area contributed by atoms with Crippen LogP contribution in [0, 0.1) is 0 Å². The van der Waals surface area contributed by atoms with E-state index < -0.39 is 0 Å². The molecular weight excluding hydrogens is 242 g/mol. The third kappa shape index (κ3) is 2.54. The van der Waals surface area contributed by atoms with Gasteiger partial charge in [0.25, 0.3) is 0 Å². The van der Waals surface area contributed by atoms with Gasteiger partial charge in [0.1, 0.15) is 0 Å². The summed E-state index contributed by atoms with van der Waals surface area (Å²) in [4.78, 5) is 0. The zero-order chi connectivity index (χ0) is 13.8. The van der Waals surface area contributed by atoms with Crippen LogP contribution in [0.3, 0.4) is 0 Å². The number of fused-ring (bicyclic) bond motifs is 2. The maximum atomic E-state index is 3.59. The molecule has 1 heteroatoms. The van der Waals surface area contributed by atoms with Gasteiger partial charge in [0.2, 0.25) is 0 Å². The topological polar surface area (TPSA) is 12.0 Å². The molecule has 0 saturated heterocycles. The van der Waals surface area contributed by atoms with Crippen molar-refractivity contribution in [3.05, 3.63) is 60.2 Å². The fourth-order valence-electron chi connectivity index (χ4n) is 2.81. The maximum absolute atomic E-state index is 3.59. The molecule has 0 bridgehead atoms. The molecular formula is C19H21N. The van der Waals surface area contributed by atoms with E-state index >= 15 is 0 Å². The van der Waals surface area contributed by atoms with Crippen LogP contribution in [0.25, 0.3) is 21.5 Å². The molecule has 3 aromatic rings. The van der Waals surface area contributed by atoms with E-state index in [1.54, 1.807) is 0 Å². The van der Waals surface area contributed by atoms with E-state index in [4.69, 9.17) is 0 Å². The lowest BCUT2D eigenvalue weighted by molar-refractivity contribution is 0.645. The Bertz CT molecular complexity index is 661. The first kappa shape index (κ1) is 13.1. The third-order valence-electron chi connectivity index (χ3n) is 3.89. The van der Waals surface area contributed by atoms with Crippen LogP contribution in [-0.2, 0) is 6.54 Å². The van der Waals surface area contributed by atoms with Gasteiger partial charge in [-0.1, -0.05) is 61.9 Å². The average Bonchev–Trinajstić information content (AvgIpc) is 2.50. The molecule has 0 unspecified atom stereocenters. The Morgan fingerprint density at radius 2 is 1.45 bits per heavy atom. The predicted octanol–water partition coefficient (Wildman–Crippen LogP) is 4.88. The standard InChI is InChI=1S/C19H21N/c1-2-3-12-20-14-19-17-10-6-4-8-15(17)13-16-9-5-7-11-18(16)19/h4-11,13,20H,2-3,12,14H2,1H3. The fraction of sp³-hybridized carbons (Fsp3) is 0.263. The Balaban J connectivity index is 2.08. The molecule has 0 amide bonds. The smallest absolute Gasteiger partial charge is 0.0217 e. The average molecular weight is 263 g/mol. The molecule has 0 aliphatic rings. The van der Waals surface area contributed by atoms with E-state index in [9.17, 15) is 0 Å². The van der Waals surface area contributed by atoms with Crippen molar-refractivity contribution in [1.29, 1.82) is 0 Å². The number of hydrogen-bond acceptors (Lipinski definition) is 1. The van der Waals surface area contributed by atoms with Crippen LogP contribution in [0.15, 0.2) is 54.6 Å². The summed E-state index contributed by atoms with van der Waals surface area (Å²) in [7, 11) is 0. The summed E-state index contributed by atoms with van der Waals surface area (Å²) in [5.41, 5.74) is 1.43. The first-order chi connectivity index (χ1) is 9.90. The van der Waals surface area contributed by atoms with Gasteiger partial charge in [-0.3, -0.25) is 0 Å². The second-order valence-corrected chi connectivity index (χ2v) is 5.33. The second-order valence-electron chi connectivity index (χ2n) is 5.33. The zero-order valence-corrected chi connectivity index (χ0v) is 12.0. The van der Waals surface area contributed by atoms with E-state index in [-0.39, 0.29) is 0 Å².